The van der Waals surface area contributed by atoms with Gasteiger partial charge in [-0.15, -0.1) is 0 Å². The molecule has 0 fully saturated rings. The zero-order valence-corrected chi connectivity index (χ0v) is 13.4. The molecule has 1 atom stereocenters. The normalized spacial score (nSPS) is 13.4. The van der Waals surface area contributed by atoms with E-state index < -0.39 is 21.9 Å². The van der Waals surface area contributed by atoms with E-state index in [2.05, 4.69) is 20.7 Å². The Bertz CT molecular complexity index is 568. The highest BCUT2D eigenvalue weighted by molar-refractivity contribution is 9.10. The maximum Gasteiger partial charge on any atom is 0.242 e. The lowest BCUT2D eigenvalue weighted by atomic mass is 10.3. The molecule has 0 radical (unpaired) electrons. The molecular weight excluding hydrogens is 355 g/mol. The molecule has 6 nitrogen and oxygen atoms in total. The number of anilines is 1. The van der Waals surface area contributed by atoms with Crippen LogP contribution in [0.5, 0.6) is 0 Å². The zero-order valence-electron chi connectivity index (χ0n) is 11.0. The van der Waals surface area contributed by atoms with E-state index in [-0.39, 0.29) is 28.2 Å². The van der Waals surface area contributed by atoms with E-state index in [1.54, 1.807) is 0 Å². The highest BCUT2D eigenvalue weighted by Gasteiger charge is 2.21. The number of hydrogen-bond donors (Lipinski definition) is 2. The zero-order chi connectivity index (χ0) is 15.3. The molecule has 0 saturated heterocycles. The SMILES string of the molecule is COCC(CNS(=O)(=O)c1cc(Br)c(F)cc1N)OC. The van der Waals surface area contributed by atoms with Gasteiger partial charge >= 0.3 is 0 Å². The molecule has 1 aromatic carbocycles. The Hall–Kier alpha value is -0.740. The lowest BCUT2D eigenvalue weighted by molar-refractivity contribution is 0.0320. The number of methoxy groups -OCH3 is 2. The number of hydrogen-bond acceptors (Lipinski definition) is 5. The Morgan fingerprint density at radius 2 is 2.10 bits per heavy atom. The topological polar surface area (TPSA) is 90.7 Å². The van der Waals surface area contributed by atoms with E-state index in [4.69, 9.17) is 15.2 Å². The summed E-state index contributed by atoms with van der Waals surface area (Å²) in [4.78, 5) is -0.196. The number of ether oxygens (including phenoxy) is 2. The summed E-state index contributed by atoms with van der Waals surface area (Å²) in [6, 6.07) is 2.06. The summed E-state index contributed by atoms with van der Waals surface area (Å²) in [5.41, 5.74) is 5.37. The Kier molecular flexibility index (Phi) is 6.34. The van der Waals surface area contributed by atoms with Gasteiger partial charge in [0.1, 0.15) is 10.7 Å². The molecule has 1 rings (SSSR count). The third-order valence-corrected chi connectivity index (χ3v) is 4.62. The van der Waals surface area contributed by atoms with Crippen LogP contribution in [0.1, 0.15) is 0 Å². The second-order valence-corrected chi connectivity index (χ2v) is 6.56. The van der Waals surface area contributed by atoms with Crippen LogP contribution in [-0.2, 0) is 19.5 Å². The van der Waals surface area contributed by atoms with Gasteiger partial charge in [0.2, 0.25) is 10.0 Å². The number of nitrogens with two attached hydrogens (primary N) is 1. The fourth-order valence-corrected chi connectivity index (χ4v) is 3.15. The number of nitrogen functional groups attached to an aromatic ring is 1. The first kappa shape index (κ1) is 17.3. The van der Waals surface area contributed by atoms with Crippen LogP contribution in [0.3, 0.4) is 0 Å². The van der Waals surface area contributed by atoms with Gasteiger partial charge in [-0.05, 0) is 28.1 Å². The van der Waals surface area contributed by atoms with Gasteiger partial charge in [0, 0.05) is 20.8 Å². The van der Waals surface area contributed by atoms with Gasteiger partial charge in [-0.3, -0.25) is 0 Å². The molecule has 0 aliphatic heterocycles. The van der Waals surface area contributed by atoms with Crippen LogP contribution < -0.4 is 10.5 Å². The van der Waals surface area contributed by atoms with Gasteiger partial charge in [0.15, 0.2) is 0 Å². The molecule has 20 heavy (non-hydrogen) atoms. The van der Waals surface area contributed by atoms with Gasteiger partial charge in [0.25, 0.3) is 0 Å². The minimum atomic E-state index is -3.86. The Balaban J connectivity index is 2.92. The first-order valence-electron chi connectivity index (χ1n) is 5.57. The molecule has 9 heteroatoms. The Morgan fingerprint density at radius 1 is 1.45 bits per heavy atom. The molecule has 0 spiro atoms. The maximum atomic E-state index is 13.2. The first-order valence-corrected chi connectivity index (χ1v) is 7.85. The molecule has 1 unspecified atom stereocenters. The monoisotopic (exact) mass is 370 g/mol. The second-order valence-electron chi connectivity index (χ2n) is 3.97. The van der Waals surface area contributed by atoms with Crippen LogP contribution in [0.4, 0.5) is 10.1 Å². The number of sulfonamides is 1. The van der Waals surface area contributed by atoms with Crippen LogP contribution in [0, 0.1) is 5.82 Å². The molecule has 0 amide bonds. The Labute approximate surface area is 125 Å². The molecule has 114 valence electrons. The molecule has 0 saturated carbocycles. The van der Waals surface area contributed by atoms with Crippen LogP contribution in [0.25, 0.3) is 0 Å². The van der Waals surface area contributed by atoms with E-state index >= 15 is 0 Å². The minimum Gasteiger partial charge on any atom is -0.398 e. The van der Waals surface area contributed by atoms with Crippen molar-refractivity contribution >= 4 is 31.6 Å². The summed E-state index contributed by atoms with van der Waals surface area (Å²) in [7, 11) is -0.934. The van der Waals surface area contributed by atoms with E-state index in [1.165, 1.54) is 14.2 Å². The van der Waals surface area contributed by atoms with Gasteiger partial charge in [0.05, 0.1) is 22.9 Å². The quantitative estimate of drug-likeness (QED) is 0.701. The van der Waals surface area contributed by atoms with Gasteiger partial charge in [-0.2, -0.15) is 0 Å². The molecule has 0 aromatic heterocycles. The average Bonchev–Trinajstić information content (AvgIpc) is 2.38. The van der Waals surface area contributed by atoms with Crippen LogP contribution in [-0.4, -0.2) is 41.9 Å². The minimum absolute atomic E-state index is 0.0150. The third kappa shape index (κ3) is 4.38. The van der Waals surface area contributed by atoms with Crippen molar-refractivity contribution in [3.8, 4) is 0 Å². The smallest absolute Gasteiger partial charge is 0.242 e. The van der Waals surface area contributed by atoms with Gasteiger partial charge in [-0.1, -0.05) is 0 Å². The van der Waals surface area contributed by atoms with E-state index in [0.717, 1.165) is 12.1 Å². The summed E-state index contributed by atoms with van der Waals surface area (Å²) in [6.45, 7) is 0.253. The van der Waals surface area contributed by atoms with E-state index in [0.29, 0.717) is 0 Å². The summed E-state index contributed by atoms with van der Waals surface area (Å²) in [5, 5.41) is 0. The highest BCUT2D eigenvalue weighted by atomic mass is 79.9. The number of rotatable bonds is 7. The summed E-state index contributed by atoms with van der Waals surface area (Å²) < 4.78 is 49.7. The fourth-order valence-electron chi connectivity index (χ4n) is 1.45. The molecular formula is C11H16BrFN2O4S. The summed E-state index contributed by atoms with van der Waals surface area (Å²) >= 11 is 2.92. The van der Waals surface area contributed by atoms with E-state index in [1.807, 2.05) is 0 Å². The number of halogens is 2. The van der Waals surface area contributed by atoms with Crippen LogP contribution >= 0.6 is 15.9 Å². The molecule has 0 aliphatic rings. The van der Waals surface area contributed by atoms with Crippen molar-refractivity contribution in [1.29, 1.82) is 0 Å². The van der Waals surface area contributed by atoms with Crippen molar-refractivity contribution in [3.63, 3.8) is 0 Å². The van der Waals surface area contributed by atoms with Crippen LogP contribution in [0.15, 0.2) is 21.5 Å². The van der Waals surface area contributed by atoms with Crippen molar-refractivity contribution in [2.24, 2.45) is 0 Å². The van der Waals surface area contributed by atoms with Crippen molar-refractivity contribution in [2.45, 2.75) is 11.0 Å². The Morgan fingerprint density at radius 3 is 2.65 bits per heavy atom. The molecule has 0 aliphatic carbocycles. The molecule has 1 aromatic rings. The third-order valence-electron chi connectivity index (χ3n) is 2.53. The predicted octanol–water partition coefficient (Wildman–Crippen LogP) is 1.11. The number of benzene rings is 1. The first-order chi connectivity index (χ1) is 9.31. The van der Waals surface area contributed by atoms with Crippen LogP contribution in [0.2, 0.25) is 0 Å². The lowest BCUT2D eigenvalue weighted by Crippen LogP contribution is -2.35. The second kappa shape index (κ2) is 7.32. The lowest BCUT2D eigenvalue weighted by Gasteiger charge is -2.16. The summed E-state index contributed by atoms with van der Waals surface area (Å²) in [6.07, 6.45) is -0.431. The van der Waals surface area contributed by atoms with E-state index in [9.17, 15) is 12.8 Å². The average molecular weight is 371 g/mol. The molecule has 0 bridgehead atoms. The highest BCUT2D eigenvalue weighted by Crippen LogP contribution is 2.25. The van der Waals surface area contributed by atoms with Crippen molar-refractivity contribution in [2.75, 3.05) is 33.1 Å². The van der Waals surface area contributed by atoms with Gasteiger partial charge < -0.3 is 15.2 Å². The van der Waals surface area contributed by atoms with Crippen molar-refractivity contribution < 1.29 is 22.3 Å². The fraction of sp³-hybridized carbons (Fsp3) is 0.455. The maximum absolute atomic E-state index is 13.2. The largest absolute Gasteiger partial charge is 0.398 e. The number of nitrogens with one attached hydrogen (secondary N) is 1. The van der Waals surface area contributed by atoms with Crippen molar-refractivity contribution in [1.82, 2.24) is 4.72 Å². The molecule has 3 N–H and O–H groups in total. The van der Waals surface area contributed by atoms with Gasteiger partial charge in [-0.25, -0.2) is 17.5 Å². The predicted molar refractivity (Wildman–Crippen MR) is 76.4 cm³/mol. The standard InChI is InChI=1S/C11H16BrFN2O4S/c1-18-6-7(19-2)5-15-20(16,17)11-3-8(12)9(13)4-10(11)14/h3-4,7,15H,5-6,14H2,1-2H3. The summed E-state index contributed by atoms with van der Waals surface area (Å²) in [5.74, 6) is -0.629. The molecule has 0 heterocycles. The van der Waals surface area contributed by atoms with Crippen molar-refractivity contribution in [3.05, 3.63) is 22.4 Å².